The summed E-state index contributed by atoms with van der Waals surface area (Å²) < 4.78 is 0. The average molecular weight is 344 g/mol. The summed E-state index contributed by atoms with van der Waals surface area (Å²) in [4.78, 5) is 0. The molecule has 25 heavy (non-hydrogen) atoms. The Morgan fingerprint density at radius 1 is 0.640 bits per heavy atom. The smallest absolute Gasteiger partial charge is 0.00877 e. The maximum Gasteiger partial charge on any atom is 0.00877 e. The first kappa shape index (κ1) is 16.6. The molecular formula is C24H25P. The van der Waals surface area contributed by atoms with E-state index in [4.69, 9.17) is 0 Å². The first-order valence-electron chi connectivity index (χ1n) is 9.19. The van der Waals surface area contributed by atoms with Crippen molar-refractivity contribution in [3.05, 3.63) is 101 Å². The van der Waals surface area contributed by atoms with Crippen molar-refractivity contribution in [1.29, 1.82) is 0 Å². The van der Waals surface area contributed by atoms with Crippen LogP contribution in [0.2, 0.25) is 0 Å². The Balaban J connectivity index is 1.81. The molecule has 0 aromatic heterocycles. The van der Waals surface area contributed by atoms with Gasteiger partial charge in [0.25, 0.3) is 0 Å². The Bertz CT molecular complexity index is 771. The quantitative estimate of drug-likeness (QED) is 0.464. The number of rotatable bonds is 3. The molecule has 1 heterocycles. The van der Waals surface area contributed by atoms with Crippen LogP contribution in [0.5, 0.6) is 0 Å². The molecule has 0 N–H and O–H groups in total. The minimum Gasteiger partial charge on any atom is -0.0622 e. The van der Waals surface area contributed by atoms with Crippen molar-refractivity contribution >= 4 is 13.2 Å². The Morgan fingerprint density at radius 3 is 1.52 bits per heavy atom. The standard InChI is InChI=1S/C24H25P/c1-18-15-19(2)17-22(16-18)25-23(20-9-5-3-6-10-20)13-14-24(25)21-11-7-4-8-12-21/h3-12,15-17,23-24H,13-14H2,1-2H3/t23-,24-/m0/s1. The second-order valence-corrected chi connectivity index (χ2v) is 9.76. The second-order valence-electron chi connectivity index (χ2n) is 7.18. The normalized spacial score (nSPS) is 20.7. The summed E-state index contributed by atoms with van der Waals surface area (Å²) in [6.07, 6.45) is 2.59. The Morgan fingerprint density at radius 2 is 1.08 bits per heavy atom. The van der Waals surface area contributed by atoms with E-state index in [0.29, 0.717) is 11.3 Å². The molecule has 3 aromatic rings. The van der Waals surface area contributed by atoms with E-state index >= 15 is 0 Å². The van der Waals surface area contributed by atoms with E-state index in [2.05, 4.69) is 92.7 Å². The van der Waals surface area contributed by atoms with Crippen molar-refractivity contribution in [1.82, 2.24) is 0 Å². The third-order valence-electron chi connectivity index (χ3n) is 5.26. The molecule has 1 saturated heterocycles. The summed E-state index contributed by atoms with van der Waals surface area (Å²) in [5.41, 5.74) is 7.16. The molecule has 126 valence electrons. The summed E-state index contributed by atoms with van der Waals surface area (Å²) in [6, 6.07) is 29.5. The van der Waals surface area contributed by atoms with Crippen molar-refractivity contribution in [2.24, 2.45) is 0 Å². The zero-order valence-electron chi connectivity index (χ0n) is 15.0. The molecule has 4 rings (SSSR count). The van der Waals surface area contributed by atoms with Gasteiger partial charge in [-0.25, -0.2) is 0 Å². The fraction of sp³-hybridized carbons (Fsp3) is 0.250. The highest BCUT2D eigenvalue weighted by Crippen LogP contribution is 2.69. The van der Waals surface area contributed by atoms with E-state index in [1.807, 2.05) is 0 Å². The average Bonchev–Trinajstić information content (AvgIpc) is 3.07. The summed E-state index contributed by atoms with van der Waals surface area (Å²) >= 11 is 0. The maximum absolute atomic E-state index is 2.44. The lowest BCUT2D eigenvalue weighted by molar-refractivity contribution is 0.765. The first-order chi connectivity index (χ1) is 12.2. The van der Waals surface area contributed by atoms with Crippen molar-refractivity contribution in [3.63, 3.8) is 0 Å². The predicted molar refractivity (Wildman–Crippen MR) is 110 cm³/mol. The van der Waals surface area contributed by atoms with Crippen molar-refractivity contribution in [3.8, 4) is 0 Å². The SMILES string of the molecule is Cc1cc(C)cc(P2[C@H](c3ccccc3)CC[C@H]2c2ccccc2)c1. The molecule has 1 aliphatic heterocycles. The first-order valence-corrected chi connectivity index (χ1v) is 10.7. The van der Waals surface area contributed by atoms with Gasteiger partial charge in [0.15, 0.2) is 0 Å². The van der Waals surface area contributed by atoms with Gasteiger partial charge in [0.05, 0.1) is 0 Å². The van der Waals surface area contributed by atoms with Gasteiger partial charge in [-0.1, -0.05) is 97.9 Å². The van der Waals surface area contributed by atoms with Gasteiger partial charge in [0, 0.05) is 11.3 Å². The van der Waals surface area contributed by atoms with Crippen LogP contribution in [0.15, 0.2) is 78.9 Å². The molecule has 0 unspecified atom stereocenters. The molecular weight excluding hydrogens is 319 g/mol. The highest BCUT2D eigenvalue weighted by molar-refractivity contribution is 7.66. The topological polar surface area (TPSA) is 0 Å². The number of benzene rings is 3. The molecule has 0 saturated carbocycles. The van der Waals surface area contributed by atoms with Crippen LogP contribution < -0.4 is 5.30 Å². The molecule has 1 heteroatoms. The molecule has 0 bridgehead atoms. The third-order valence-corrected chi connectivity index (χ3v) is 8.57. The van der Waals surface area contributed by atoms with Gasteiger partial charge in [-0.3, -0.25) is 0 Å². The lowest BCUT2D eigenvalue weighted by atomic mass is 10.0. The lowest BCUT2D eigenvalue weighted by Gasteiger charge is -2.28. The lowest BCUT2D eigenvalue weighted by Crippen LogP contribution is -2.09. The van der Waals surface area contributed by atoms with Gasteiger partial charge in [0.2, 0.25) is 0 Å². The minimum absolute atomic E-state index is 0.252. The Hall–Kier alpha value is -1.91. The van der Waals surface area contributed by atoms with E-state index in [1.165, 1.54) is 35.1 Å². The molecule has 0 aliphatic carbocycles. The van der Waals surface area contributed by atoms with E-state index < -0.39 is 0 Å². The highest BCUT2D eigenvalue weighted by atomic mass is 31.1. The minimum atomic E-state index is -0.252. The highest BCUT2D eigenvalue weighted by Gasteiger charge is 2.38. The van der Waals surface area contributed by atoms with E-state index in [1.54, 1.807) is 5.30 Å². The number of hydrogen-bond acceptors (Lipinski definition) is 0. The fourth-order valence-electron chi connectivity index (χ4n) is 4.28. The molecule has 0 spiro atoms. The summed E-state index contributed by atoms with van der Waals surface area (Å²) in [5.74, 6) is 0. The van der Waals surface area contributed by atoms with Crippen LogP contribution in [-0.2, 0) is 0 Å². The summed E-state index contributed by atoms with van der Waals surface area (Å²) in [5, 5.41) is 1.58. The van der Waals surface area contributed by atoms with Crippen LogP contribution in [0.25, 0.3) is 0 Å². The van der Waals surface area contributed by atoms with Gasteiger partial charge in [0.1, 0.15) is 0 Å². The molecule has 2 atom stereocenters. The Labute approximate surface area is 152 Å². The van der Waals surface area contributed by atoms with E-state index in [0.717, 1.165) is 0 Å². The predicted octanol–water partition coefficient (Wildman–Crippen LogP) is 6.69. The fourth-order valence-corrected chi connectivity index (χ4v) is 7.98. The summed E-state index contributed by atoms with van der Waals surface area (Å²) in [7, 11) is -0.252. The zero-order valence-corrected chi connectivity index (χ0v) is 15.9. The number of hydrogen-bond donors (Lipinski definition) is 0. The van der Waals surface area contributed by atoms with Gasteiger partial charge in [-0.15, -0.1) is 0 Å². The van der Waals surface area contributed by atoms with Crippen molar-refractivity contribution in [2.45, 2.75) is 38.0 Å². The van der Waals surface area contributed by atoms with Gasteiger partial charge >= 0.3 is 0 Å². The molecule has 3 aromatic carbocycles. The summed E-state index contributed by atoms with van der Waals surface area (Å²) in [6.45, 7) is 4.47. The van der Waals surface area contributed by atoms with E-state index in [9.17, 15) is 0 Å². The Kier molecular flexibility index (Phi) is 4.73. The zero-order chi connectivity index (χ0) is 17.2. The van der Waals surface area contributed by atoms with Crippen LogP contribution in [-0.4, -0.2) is 0 Å². The van der Waals surface area contributed by atoms with Gasteiger partial charge < -0.3 is 0 Å². The van der Waals surface area contributed by atoms with Crippen LogP contribution in [0.4, 0.5) is 0 Å². The second kappa shape index (κ2) is 7.14. The van der Waals surface area contributed by atoms with Crippen molar-refractivity contribution < 1.29 is 0 Å². The largest absolute Gasteiger partial charge is 0.0622 e. The molecule has 0 radical (unpaired) electrons. The monoisotopic (exact) mass is 344 g/mol. The van der Waals surface area contributed by atoms with Crippen LogP contribution in [0.1, 0.15) is 46.4 Å². The van der Waals surface area contributed by atoms with Crippen LogP contribution >= 0.6 is 7.92 Å². The van der Waals surface area contributed by atoms with Crippen LogP contribution in [0.3, 0.4) is 0 Å². The molecule has 0 nitrogen and oxygen atoms in total. The van der Waals surface area contributed by atoms with Gasteiger partial charge in [-0.2, -0.15) is 0 Å². The maximum atomic E-state index is 2.44. The third kappa shape index (κ3) is 3.42. The number of aryl methyl sites for hydroxylation is 2. The molecule has 1 fully saturated rings. The molecule has 1 aliphatic rings. The van der Waals surface area contributed by atoms with Gasteiger partial charge in [-0.05, 0) is 43.1 Å². The van der Waals surface area contributed by atoms with Crippen molar-refractivity contribution in [2.75, 3.05) is 0 Å². The molecule has 0 amide bonds. The van der Waals surface area contributed by atoms with Crippen LogP contribution in [0, 0.1) is 13.8 Å². The van der Waals surface area contributed by atoms with E-state index in [-0.39, 0.29) is 7.92 Å².